The number of primary sulfonamides is 1. The summed E-state index contributed by atoms with van der Waals surface area (Å²) < 4.78 is 27.7. The average molecular weight is 355 g/mol. The first-order valence-corrected chi connectivity index (χ1v) is 8.36. The minimum absolute atomic E-state index is 0.0484. The Morgan fingerprint density at radius 3 is 2.57 bits per heavy atom. The summed E-state index contributed by atoms with van der Waals surface area (Å²) >= 11 is 11.6. The third kappa shape index (κ3) is 5.44. The van der Waals surface area contributed by atoms with Gasteiger partial charge in [-0.1, -0.05) is 23.2 Å². The van der Waals surface area contributed by atoms with Crippen LogP contribution in [0.25, 0.3) is 0 Å². The summed E-state index contributed by atoms with van der Waals surface area (Å²) in [5.74, 6) is -0.448. The molecule has 0 bridgehead atoms. The number of carbonyl (C=O) groups excluding carboxylic acids is 1. The fourth-order valence-corrected chi connectivity index (χ4v) is 2.94. The fraction of sp³-hybridized carbons (Fsp3) is 0.417. The highest BCUT2D eigenvalue weighted by Crippen LogP contribution is 2.30. The predicted molar refractivity (Wildman–Crippen MR) is 81.3 cm³/mol. The topological polar surface area (TPSA) is 98.5 Å². The molecule has 0 radical (unpaired) electrons. The van der Waals surface area contributed by atoms with E-state index in [1.54, 1.807) is 7.11 Å². The summed E-state index contributed by atoms with van der Waals surface area (Å²) in [6.07, 6.45) is 1.55. The number of sulfonamides is 1. The number of nitrogens with one attached hydrogen (secondary N) is 1. The molecule has 1 amide bonds. The number of hydrogen-bond donors (Lipinski definition) is 2. The van der Waals surface area contributed by atoms with Gasteiger partial charge >= 0.3 is 0 Å². The SMILES string of the molecule is COCCCCNC(=O)c1cc(Cl)c(Cl)c(S(N)(=O)=O)c1. The van der Waals surface area contributed by atoms with Crippen molar-refractivity contribution < 1.29 is 17.9 Å². The Morgan fingerprint density at radius 1 is 1.33 bits per heavy atom. The highest BCUT2D eigenvalue weighted by molar-refractivity contribution is 7.89. The van der Waals surface area contributed by atoms with Gasteiger partial charge in [0, 0.05) is 25.8 Å². The maximum atomic E-state index is 11.9. The Kier molecular flexibility index (Phi) is 6.89. The van der Waals surface area contributed by atoms with E-state index >= 15 is 0 Å². The number of halogens is 2. The Balaban J connectivity index is 2.84. The van der Waals surface area contributed by atoms with E-state index in [4.69, 9.17) is 33.1 Å². The first-order valence-electron chi connectivity index (χ1n) is 6.06. The molecule has 0 unspecified atom stereocenters. The molecule has 0 saturated heterocycles. The zero-order chi connectivity index (χ0) is 16.0. The number of benzene rings is 1. The van der Waals surface area contributed by atoms with Crippen LogP contribution in [0.4, 0.5) is 0 Å². The van der Waals surface area contributed by atoms with Crippen LogP contribution in [0.2, 0.25) is 10.0 Å². The number of carbonyl (C=O) groups is 1. The van der Waals surface area contributed by atoms with Crippen LogP contribution in [0.1, 0.15) is 23.2 Å². The van der Waals surface area contributed by atoms with Crippen molar-refractivity contribution in [1.29, 1.82) is 0 Å². The van der Waals surface area contributed by atoms with Gasteiger partial charge in [-0.3, -0.25) is 4.79 Å². The molecule has 0 atom stereocenters. The third-order valence-electron chi connectivity index (χ3n) is 2.62. The van der Waals surface area contributed by atoms with Gasteiger partial charge < -0.3 is 10.1 Å². The normalized spacial score (nSPS) is 11.4. The Morgan fingerprint density at radius 2 is 2.00 bits per heavy atom. The molecule has 0 aliphatic heterocycles. The van der Waals surface area contributed by atoms with E-state index in [0.29, 0.717) is 13.2 Å². The Labute approximate surface area is 133 Å². The summed E-state index contributed by atoms with van der Waals surface area (Å²) in [7, 11) is -2.46. The molecule has 9 heteroatoms. The molecule has 0 aliphatic carbocycles. The molecular weight excluding hydrogens is 339 g/mol. The highest BCUT2D eigenvalue weighted by atomic mass is 35.5. The molecule has 0 aromatic heterocycles. The van der Waals surface area contributed by atoms with Crippen molar-refractivity contribution in [3.8, 4) is 0 Å². The average Bonchev–Trinajstić information content (AvgIpc) is 2.39. The largest absolute Gasteiger partial charge is 0.385 e. The number of ether oxygens (including phenoxy) is 1. The molecule has 0 spiro atoms. The highest BCUT2D eigenvalue weighted by Gasteiger charge is 2.19. The lowest BCUT2D eigenvalue weighted by Crippen LogP contribution is -2.25. The first-order chi connectivity index (χ1) is 9.77. The monoisotopic (exact) mass is 354 g/mol. The maximum absolute atomic E-state index is 11.9. The van der Waals surface area contributed by atoms with Crippen molar-refractivity contribution in [2.45, 2.75) is 17.7 Å². The number of methoxy groups -OCH3 is 1. The van der Waals surface area contributed by atoms with Crippen molar-refractivity contribution in [1.82, 2.24) is 5.32 Å². The van der Waals surface area contributed by atoms with Crippen LogP contribution >= 0.6 is 23.2 Å². The van der Waals surface area contributed by atoms with Crippen LogP contribution in [-0.2, 0) is 14.8 Å². The standard InChI is InChI=1S/C12H16Cl2N2O4S/c1-20-5-3-2-4-16-12(17)8-6-9(13)11(14)10(7-8)21(15,18)19/h6-7H,2-5H2,1H3,(H,16,17)(H2,15,18,19). The molecule has 0 aliphatic rings. The van der Waals surface area contributed by atoms with Crippen LogP contribution in [0, 0.1) is 0 Å². The van der Waals surface area contributed by atoms with Gasteiger partial charge in [0.25, 0.3) is 5.91 Å². The molecule has 118 valence electrons. The van der Waals surface area contributed by atoms with Gasteiger partial charge in [-0.05, 0) is 25.0 Å². The minimum Gasteiger partial charge on any atom is -0.385 e. The lowest BCUT2D eigenvalue weighted by Gasteiger charge is -2.09. The smallest absolute Gasteiger partial charge is 0.251 e. The molecule has 0 saturated carbocycles. The van der Waals surface area contributed by atoms with Gasteiger partial charge in [0.1, 0.15) is 4.90 Å². The maximum Gasteiger partial charge on any atom is 0.251 e. The van der Waals surface area contributed by atoms with Crippen LogP contribution in [0.15, 0.2) is 17.0 Å². The van der Waals surface area contributed by atoms with E-state index in [-0.39, 0.29) is 20.5 Å². The summed E-state index contributed by atoms with van der Waals surface area (Å²) in [4.78, 5) is 11.6. The second kappa shape index (κ2) is 7.95. The Bertz CT molecular complexity index is 620. The van der Waals surface area contributed by atoms with E-state index in [2.05, 4.69) is 5.32 Å². The van der Waals surface area contributed by atoms with E-state index in [9.17, 15) is 13.2 Å². The molecule has 0 heterocycles. The third-order valence-corrected chi connectivity index (χ3v) is 4.47. The van der Waals surface area contributed by atoms with E-state index in [1.165, 1.54) is 6.07 Å². The van der Waals surface area contributed by atoms with E-state index in [0.717, 1.165) is 18.9 Å². The Hall–Kier alpha value is -0.860. The van der Waals surface area contributed by atoms with Crippen LogP contribution in [0.3, 0.4) is 0 Å². The van der Waals surface area contributed by atoms with Crippen LogP contribution in [0.5, 0.6) is 0 Å². The molecule has 0 fully saturated rings. The van der Waals surface area contributed by atoms with Gasteiger partial charge in [0.05, 0.1) is 10.0 Å². The van der Waals surface area contributed by atoms with Gasteiger partial charge in [-0.2, -0.15) is 0 Å². The van der Waals surface area contributed by atoms with Crippen molar-refractivity contribution in [2.75, 3.05) is 20.3 Å². The summed E-state index contributed by atoms with van der Waals surface area (Å²) in [5, 5.41) is 7.44. The molecule has 1 rings (SSSR count). The van der Waals surface area contributed by atoms with Crippen molar-refractivity contribution in [3.63, 3.8) is 0 Å². The number of amides is 1. The number of hydrogen-bond acceptors (Lipinski definition) is 4. The quantitative estimate of drug-likeness (QED) is 0.729. The first kappa shape index (κ1) is 18.2. The second-order valence-electron chi connectivity index (χ2n) is 4.27. The molecule has 3 N–H and O–H groups in total. The lowest BCUT2D eigenvalue weighted by atomic mass is 10.2. The van der Waals surface area contributed by atoms with E-state index in [1.807, 2.05) is 0 Å². The number of nitrogens with two attached hydrogens (primary N) is 1. The van der Waals surface area contributed by atoms with Crippen LogP contribution < -0.4 is 10.5 Å². The van der Waals surface area contributed by atoms with Gasteiger partial charge in [0.2, 0.25) is 10.0 Å². The number of unbranched alkanes of at least 4 members (excludes halogenated alkanes) is 1. The minimum atomic E-state index is -4.06. The van der Waals surface area contributed by atoms with Crippen LogP contribution in [-0.4, -0.2) is 34.6 Å². The molecule has 21 heavy (non-hydrogen) atoms. The summed E-state index contributed by atoms with van der Waals surface area (Å²) in [5.41, 5.74) is 0.0835. The fourth-order valence-electron chi connectivity index (χ4n) is 1.58. The van der Waals surface area contributed by atoms with Crippen molar-refractivity contribution in [3.05, 3.63) is 27.7 Å². The summed E-state index contributed by atoms with van der Waals surface area (Å²) in [6.45, 7) is 1.05. The number of rotatable bonds is 7. The molecule has 1 aromatic carbocycles. The van der Waals surface area contributed by atoms with Crippen molar-refractivity contribution in [2.24, 2.45) is 5.14 Å². The second-order valence-corrected chi connectivity index (χ2v) is 6.59. The molecular formula is C12H16Cl2N2O4S. The molecule has 6 nitrogen and oxygen atoms in total. The van der Waals surface area contributed by atoms with Gasteiger partial charge in [-0.15, -0.1) is 0 Å². The lowest BCUT2D eigenvalue weighted by molar-refractivity contribution is 0.0951. The summed E-state index contributed by atoms with van der Waals surface area (Å²) in [6, 6.07) is 2.40. The zero-order valence-corrected chi connectivity index (χ0v) is 13.7. The van der Waals surface area contributed by atoms with Gasteiger partial charge in [-0.25, -0.2) is 13.6 Å². The molecule has 1 aromatic rings. The van der Waals surface area contributed by atoms with E-state index < -0.39 is 15.9 Å². The van der Waals surface area contributed by atoms with Gasteiger partial charge in [0.15, 0.2) is 0 Å². The van der Waals surface area contributed by atoms with Crippen molar-refractivity contribution >= 4 is 39.1 Å². The predicted octanol–water partition coefficient (Wildman–Crippen LogP) is 1.80. The zero-order valence-electron chi connectivity index (χ0n) is 11.4.